The van der Waals surface area contributed by atoms with Crippen LogP contribution in [0.2, 0.25) is 0 Å². The summed E-state index contributed by atoms with van der Waals surface area (Å²) < 4.78 is 11.3. The van der Waals surface area contributed by atoms with E-state index in [-0.39, 0.29) is 0 Å². The molecule has 5 heteroatoms. The van der Waals surface area contributed by atoms with Crippen molar-refractivity contribution in [3.05, 3.63) is 181 Å². The van der Waals surface area contributed by atoms with Crippen LogP contribution >= 0.6 is 0 Å². The van der Waals surface area contributed by atoms with Crippen LogP contribution < -0.4 is 0 Å². The van der Waals surface area contributed by atoms with Gasteiger partial charge >= 0.3 is 0 Å². The molecule has 0 aliphatic heterocycles. The molecule has 5 nitrogen and oxygen atoms in total. The van der Waals surface area contributed by atoms with E-state index >= 15 is 0 Å². The van der Waals surface area contributed by atoms with Crippen molar-refractivity contribution in [3.8, 4) is 45.8 Å². The highest BCUT2D eigenvalue weighted by Crippen LogP contribution is 2.42. The average molecular weight is 701 g/mol. The Bertz CT molecular complexity index is 3420. The van der Waals surface area contributed by atoms with E-state index in [1.54, 1.807) is 6.07 Å². The summed E-state index contributed by atoms with van der Waals surface area (Å²) in [5, 5.41) is 26.8. The Morgan fingerprint density at radius 3 is 1.76 bits per heavy atom. The first-order valence-electron chi connectivity index (χ1n) is 18.2. The second-order valence-corrected chi connectivity index (χ2v) is 14.0. The topological polar surface area (TPSA) is 70.6 Å². The highest BCUT2D eigenvalue weighted by Gasteiger charge is 2.21. The number of furan rings is 1. The largest absolute Gasteiger partial charge is 0.455 e. The molecule has 0 unspecified atom stereocenters. The molecular formula is C50H28N4O. The summed E-state index contributed by atoms with van der Waals surface area (Å²) in [7, 11) is 0. The fourth-order valence-corrected chi connectivity index (χ4v) is 8.56. The van der Waals surface area contributed by atoms with E-state index in [4.69, 9.17) is 4.42 Å². The zero-order valence-corrected chi connectivity index (χ0v) is 29.4. The number of hydrogen-bond donors (Lipinski definition) is 0. The van der Waals surface area contributed by atoms with Crippen LogP contribution in [0, 0.1) is 22.7 Å². The summed E-state index contributed by atoms with van der Waals surface area (Å²) in [5.74, 6) is 0. The molecule has 3 aromatic heterocycles. The molecule has 0 bridgehead atoms. The predicted molar refractivity (Wildman–Crippen MR) is 223 cm³/mol. The molecule has 11 rings (SSSR count). The van der Waals surface area contributed by atoms with Crippen molar-refractivity contribution in [2.75, 3.05) is 0 Å². The molecule has 0 spiro atoms. The van der Waals surface area contributed by atoms with Crippen molar-refractivity contribution < 1.29 is 4.42 Å². The van der Waals surface area contributed by atoms with Crippen LogP contribution in [0.3, 0.4) is 0 Å². The number of nitrogens with zero attached hydrogens (tertiary/aromatic N) is 4. The first kappa shape index (κ1) is 30.7. The van der Waals surface area contributed by atoms with E-state index in [2.05, 4.69) is 143 Å². The number of benzene rings is 8. The van der Waals surface area contributed by atoms with Crippen LogP contribution in [-0.2, 0) is 0 Å². The van der Waals surface area contributed by atoms with Crippen molar-refractivity contribution in [1.82, 2.24) is 9.13 Å². The van der Waals surface area contributed by atoms with Gasteiger partial charge in [-0.25, -0.2) is 0 Å². The maximum atomic E-state index is 10.5. The standard InChI is InChI=1S/C50H28N4O/c51-29-31-10-9-11-33(24-31)38-21-20-32(25-35(38)30-52)34-26-36(53-44-16-5-1-12-39(44)40-13-2-6-17-45(40)53)28-37(27-34)54-46-18-7-3-15-43(46)49-47(54)23-22-42-41-14-4-8-19-48(41)55-50(42)49/h1-28H. The fourth-order valence-electron chi connectivity index (χ4n) is 8.56. The molecule has 0 radical (unpaired) electrons. The van der Waals surface area contributed by atoms with E-state index in [0.717, 1.165) is 88.4 Å². The molecule has 254 valence electrons. The number of hydrogen-bond acceptors (Lipinski definition) is 3. The monoisotopic (exact) mass is 700 g/mol. The van der Waals surface area contributed by atoms with Gasteiger partial charge in [-0.3, -0.25) is 0 Å². The minimum Gasteiger partial charge on any atom is -0.455 e. The quantitative estimate of drug-likeness (QED) is 0.183. The van der Waals surface area contributed by atoms with E-state index in [1.807, 2.05) is 42.5 Å². The Hall–Kier alpha value is -7.86. The molecule has 55 heavy (non-hydrogen) atoms. The summed E-state index contributed by atoms with van der Waals surface area (Å²) in [6, 6.07) is 63.1. The molecule has 0 amide bonds. The Balaban J connectivity index is 1.22. The van der Waals surface area contributed by atoms with Gasteiger partial charge in [-0.05, 0) is 95.1 Å². The molecule has 11 aromatic rings. The normalized spacial score (nSPS) is 11.6. The average Bonchev–Trinajstić information content (AvgIpc) is 3.91. The summed E-state index contributed by atoms with van der Waals surface area (Å²) in [5.41, 5.74) is 12.7. The minimum atomic E-state index is 0.542. The highest BCUT2D eigenvalue weighted by atomic mass is 16.3. The van der Waals surface area contributed by atoms with Crippen molar-refractivity contribution in [1.29, 1.82) is 10.5 Å². The Labute approximate surface area is 315 Å². The van der Waals surface area contributed by atoms with Gasteiger partial charge in [-0.1, -0.05) is 97.1 Å². The Morgan fingerprint density at radius 1 is 0.418 bits per heavy atom. The van der Waals surface area contributed by atoms with Crippen molar-refractivity contribution in [3.63, 3.8) is 0 Å². The summed E-state index contributed by atoms with van der Waals surface area (Å²) in [6.07, 6.45) is 0. The lowest BCUT2D eigenvalue weighted by Crippen LogP contribution is -2.00. The van der Waals surface area contributed by atoms with Crippen LogP contribution in [0.4, 0.5) is 0 Å². The van der Waals surface area contributed by atoms with Crippen LogP contribution in [0.15, 0.2) is 174 Å². The van der Waals surface area contributed by atoms with Crippen LogP contribution in [0.5, 0.6) is 0 Å². The third kappa shape index (κ3) is 4.58. The van der Waals surface area contributed by atoms with Crippen molar-refractivity contribution in [2.45, 2.75) is 0 Å². The number of para-hydroxylation sites is 4. The summed E-state index contributed by atoms with van der Waals surface area (Å²) >= 11 is 0. The van der Waals surface area contributed by atoms with Crippen LogP contribution in [0.25, 0.3) is 99.2 Å². The first-order valence-corrected chi connectivity index (χ1v) is 18.2. The van der Waals surface area contributed by atoms with E-state index < -0.39 is 0 Å². The van der Waals surface area contributed by atoms with Crippen LogP contribution in [-0.4, -0.2) is 9.13 Å². The van der Waals surface area contributed by atoms with Crippen molar-refractivity contribution in [2.24, 2.45) is 0 Å². The fraction of sp³-hybridized carbons (Fsp3) is 0. The molecule has 0 fully saturated rings. The molecule has 0 aliphatic rings. The molecule has 0 N–H and O–H groups in total. The SMILES string of the molecule is N#Cc1cccc(-c2ccc(-c3cc(-n4c5ccccc5c5ccccc54)cc(-n4c5ccccc5c5c6oc7ccccc7c6ccc54)c3)cc2C#N)c1. The zero-order chi connectivity index (χ0) is 36.6. The van der Waals surface area contributed by atoms with Gasteiger partial charge in [-0.2, -0.15) is 10.5 Å². The first-order chi connectivity index (χ1) is 27.2. The predicted octanol–water partition coefficient (Wildman–Crippen LogP) is 12.9. The molecule has 0 atom stereocenters. The number of nitriles is 2. The van der Waals surface area contributed by atoms with E-state index in [9.17, 15) is 10.5 Å². The number of fused-ring (bicyclic) bond motifs is 10. The van der Waals surface area contributed by atoms with Gasteiger partial charge in [0.25, 0.3) is 0 Å². The maximum Gasteiger partial charge on any atom is 0.145 e. The Kier molecular flexibility index (Phi) is 6.61. The van der Waals surface area contributed by atoms with Crippen molar-refractivity contribution >= 4 is 65.6 Å². The third-order valence-electron chi connectivity index (χ3n) is 11.0. The molecular weight excluding hydrogens is 673 g/mol. The van der Waals surface area contributed by atoms with Gasteiger partial charge in [0.2, 0.25) is 0 Å². The van der Waals surface area contributed by atoms with Gasteiger partial charge in [0.15, 0.2) is 0 Å². The smallest absolute Gasteiger partial charge is 0.145 e. The van der Waals surface area contributed by atoms with E-state index in [1.165, 1.54) is 10.8 Å². The zero-order valence-electron chi connectivity index (χ0n) is 29.4. The molecule has 0 saturated heterocycles. The van der Waals surface area contributed by atoms with Gasteiger partial charge < -0.3 is 13.6 Å². The second-order valence-electron chi connectivity index (χ2n) is 14.0. The lowest BCUT2D eigenvalue weighted by atomic mass is 9.94. The second kappa shape index (κ2) is 11.8. The van der Waals surface area contributed by atoms with Gasteiger partial charge in [0.05, 0.1) is 50.7 Å². The molecule has 0 saturated carbocycles. The van der Waals surface area contributed by atoms with Crippen LogP contribution in [0.1, 0.15) is 11.1 Å². The number of aromatic nitrogens is 2. The summed E-state index contributed by atoms with van der Waals surface area (Å²) in [6.45, 7) is 0. The lowest BCUT2D eigenvalue weighted by Gasteiger charge is -2.16. The molecule has 8 aromatic carbocycles. The maximum absolute atomic E-state index is 10.5. The highest BCUT2D eigenvalue weighted by molar-refractivity contribution is 6.24. The van der Waals surface area contributed by atoms with Gasteiger partial charge in [0, 0.05) is 38.3 Å². The Morgan fingerprint density at radius 2 is 1.05 bits per heavy atom. The van der Waals surface area contributed by atoms with Gasteiger partial charge in [-0.15, -0.1) is 0 Å². The minimum absolute atomic E-state index is 0.542. The number of rotatable bonds is 4. The van der Waals surface area contributed by atoms with E-state index in [0.29, 0.717) is 11.1 Å². The third-order valence-corrected chi connectivity index (χ3v) is 11.0. The van der Waals surface area contributed by atoms with Gasteiger partial charge in [0.1, 0.15) is 11.2 Å². The summed E-state index contributed by atoms with van der Waals surface area (Å²) in [4.78, 5) is 0. The molecule has 0 aliphatic carbocycles. The molecule has 3 heterocycles. The lowest BCUT2D eigenvalue weighted by molar-refractivity contribution is 0.673.